The Morgan fingerprint density at radius 2 is 2.03 bits per heavy atom. The van der Waals surface area contributed by atoms with Crippen LogP contribution in [0.5, 0.6) is 0 Å². The van der Waals surface area contributed by atoms with Gasteiger partial charge in [-0.1, -0.05) is 18.2 Å². The molecule has 0 saturated carbocycles. The van der Waals surface area contributed by atoms with Gasteiger partial charge in [0.15, 0.2) is 11.1 Å². The van der Waals surface area contributed by atoms with Crippen LogP contribution in [0.4, 0.5) is 5.69 Å². The van der Waals surface area contributed by atoms with Crippen LogP contribution in [0, 0.1) is 37.3 Å². The van der Waals surface area contributed by atoms with Crippen molar-refractivity contribution in [2.75, 3.05) is 5.32 Å². The van der Waals surface area contributed by atoms with Crippen molar-refractivity contribution in [1.82, 2.24) is 4.98 Å². The van der Waals surface area contributed by atoms with Crippen LogP contribution in [0.25, 0.3) is 22.3 Å². The van der Waals surface area contributed by atoms with Crippen LogP contribution in [0.2, 0.25) is 0 Å². The first-order chi connectivity index (χ1) is 15.8. The number of fused-ring (bicyclic) bond motifs is 1. The lowest BCUT2D eigenvalue weighted by Gasteiger charge is -2.19. The predicted octanol–water partition coefficient (Wildman–Crippen LogP) is 4.82. The Morgan fingerprint density at radius 1 is 1.24 bits per heavy atom. The first-order valence-electron chi connectivity index (χ1n) is 10.2. The summed E-state index contributed by atoms with van der Waals surface area (Å²) in [4.78, 5) is 28.8. The number of aryl methyl sites for hydroxylation is 1. The van der Waals surface area contributed by atoms with Crippen LogP contribution in [-0.2, 0) is 0 Å². The fourth-order valence-corrected chi connectivity index (χ4v) is 3.76. The summed E-state index contributed by atoms with van der Waals surface area (Å²) in [5, 5.41) is 22.2. The molecule has 0 aliphatic rings. The van der Waals surface area contributed by atoms with Gasteiger partial charge in [-0.05, 0) is 62.7 Å². The van der Waals surface area contributed by atoms with Gasteiger partial charge in [0.2, 0.25) is 0 Å². The first-order valence-corrected chi connectivity index (χ1v) is 10.2. The Balaban J connectivity index is 1.88. The third-order valence-electron chi connectivity index (χ3n) is 5.36. The van der Waals surface area contributed by atoms with E-state index < -0.39 is 12.0 Å². The van der Waals surface area contributed by atoms with Crippen molar-refractivity contribution in [3.05, 3.63) is 92.9 Å². The molecule has 7 heteroatoms. The van der Waals surface area contributed by atoms with Crippen molar-refractivity contribution in [3.63, 3.8) is 0 Å². The van der Waals surface area contributed by atoms with E-state index in [1.54, 1.807) is 31.2 Å². The SMILES string of the molecule is Cc1cc(C(C)Nc2ccc(C#N)nc2C(=O)O)c2oc(-c3cc#ccc3)c(C)c(=O)c2c1. The molecule has 2 heterocycles. The Labute approximate surface area is 190 Å². The molecule has 0 aliphatic carbocycles. The van der Waals surface area contributed by atoms with Crippen molar-refractivity contribution < 1.29 is 14.3 Å². The average Bonchev–Trinajstić information content (AvgIpc) is 2.81. The second kappa shape index (κ2) is 8.49. The van der Waals surface area contributed by atoms with Crippen LogP contribution in [0.15, 0.2) is 51.7 Å². The van der Waals surface area contributed by atoms with Gasteiger partial charge < -0.3 is 14.8 Å². The Bertz CT molecular complexity index is 1480. The Hall–Kier alpha value is -4.62. The summed E-state index contributed by atoms with van der Waals surface area (Å²) >= 11 is 0. The van der Waals surface area contributed by atoms with E-state index in [2.05, 4.69) is 22.4 Å². The van der Waals surface area contributed by atoms with E-state index in [-0.39, 0.29) is 22.5 Å². The molecule has 0 amide bonds. The van der Waals surface area contributed by atoms with Crippen molar-refractivity contribution in [3.8, 4) is 17.4 Å². The summed E-state index contributed by atoms with van der Waals surface area (Å²) in [5.74, 6) is -0.807. The number of nitrogens with zero attached hydrogens (tertiary/aromatic N) is 2. The van der Waals surface area contributed by atoms with Crippen molar-refractivity contribution in [2.24, 2.45) is 0 Å². The predicted molar refractivity (Wildman–Crippen MR) is 123 cm³/mol. The number of aromatic nitrogens is 1. The summed E-state index contributed by atoms with van der Waals surface area (Å²) in [7, 11) is 0. The molecule has 0 bridgehead atoms. The number of anilines is 1. The molecule has 33 heavy (non-hydrogen) atoms. The molecule has 2 aromatic heterocycles. The largest absolute Gasteiger partial charge is 0.476 e. The molecule has 2 N–H and O–H groups in total. The monoisotopic (exact) mass is 437 g/mol. The molecule has 0 spiro atoms. The van der Waals surface area contributed by atoms with Crippen LogP contribution in [0.3, 0.4) is 0 Å². The molecule has 0 aliphatic heterocycles. The number of hydrogen-bond donors (Lipinski definition) is 2. The quantitative estimate of drug-likeness (QED) is 0.460. The molecular formula is C26H19N3O4. The molecule has 162 valence electrons. The highest BCUT2D eigenvalue weighted by Crippen LogP contribution is 2.32. The number of nitrogens with one attached hydrogen (secondary N) is 1. The van der Waals surface area contributed by atoms with E-state index in [1.165, 1.54) is 12.1 Å². The number of hydrogen-bond acceptors (Lipinski definition) is 6. The topological polar surface area (TPSA) is 116 Å². The van der Waals surface area contributed by atoms with Gasteiger partial charge in [0.05, 0.1) is 17.1 Å². The lowest BCUT2D eigenvalue weighted by Crippen LogP contribution is -2.15. The van der Waals surface area contributed by atoms with Crippen molar-refractivity contribution >= 4 is 22.6 Å². The number of rotatable bonds is 5. The number of carboxylic acid groups (broad SMARTS) is 1. The third kappa shape index (κ3) is 4.00. The summed E-state index contributed by atoms with van der Waals surface area (Å²) in [6, 6.07) is 18.9. The zero-order valence-corrected chi connectivity index (χ0v) is 18.2. The number of benzene rings is 1. The number of aromatic carboxylic acids is 1. The molecule has 0 radical (unpaired) electrons. The van der Waals surface area contributed by atoms with Gasteiger partial charge >= 0.3 is 5.97 Å². The number of pyridine rings is 1. The first kappa shape index (κ1) is 21.6. The van der Waals surface area contributed by atoms with Crippen molar-refractivity contribution in [2.45, 2.75) is 26.8 Å². The van der Waals surface area contributed by atoms with E-state index in [4.69, 9.17) is 9.68 Å². The molecule has 4 aromatic rings. The highest BCUT2D eigenvalue weighted by atomic mass is 16.4. The lowest BCUT2D eigenvalue weighted by molar-refractivity contribution is 0.0691. The minimum atomic E-state index is -1.25. The summed E-state index contributed by atoms with van der Waals surface area (Å²) < 4.78 is 6.27. The van der Waals surface area contributed by atoms with Gasteiger partial charge in [0, 0.05) is 16.7 Å². The van der Waals surface area contributed by atoms with Gasteiger partial charge in [-0.15, -0.1) is 0 Å². The Morgan fingerprint density at radius 3 is 2.70 bits per heavy atom. The molecule has 4 rings (SSSR count). The minimum absolute atomic E-state index is 0.00892. The molecule has 7 nitrogen and oxygen atoms in total. The van der Waals surface area contributed by atoms with Gasteiger partial charge in [-0.2, -0.15) is 5.26 Å². The van der Waals surface area contributed by atoms with Crippen LogP contribution < -0.4 is 10.7 Å². The van der Waals surface area contributed by atoms with Gasteiger partial charge in [-0.25, -0.2) is 9.78 Å². The van der Waals surface area contributed by atoms with E-state index in [9.17, 15) is 14.7 Å². The Kier molecular flexibility index (Phi) is 5.56. The van der Waals surface area contributed by atoms with E-state index >= 15 is 0 Å². The zero-order chi connectivity index (χ0) is 23.7. The molecule has 0 fully saturated rings. The standard InChI is InChI=1S/C26H19N3O4/c1-14-11-19(16(3)28-21-10-9-18(13-27)29-22(21)26(31)32)25-20(12-14)23(30)15(2)24(33-25)17-7-5-4-6-8-17/h5,7-12,16,28H,1-3H3,(H,31,32). The van der Waals surface area contributed by atoms with Crippen LogP contribution >= 0.6 is 0 Å². The highest BCUT2D eigenvalue weighted by Gasteiger charge is 2.21. The summed E-state index contributed by atoms with van der Waals surface area (Å²) in [5.41, 5.74) is 3.04. The fourth-order valence-electron chi connectivity index (χ4n) is 3.76. The maximum atomic E-state index is 13.2. The van der Waals surface area contributed by atoms with Crippen LogP contribution in [0.1, 0.15) is 45.8 Å². The van der Waals surface area contributed by atoms with Gasteiger partial charge in [0.1, 0.15) is 23.1 Å². The number of nitriles is 1. The van der Waals surface area contributed by atoms with Gasteiger partial charge in [-0.3, -0.25) is 4.79 Å². The average molecular weight is 437 g/mol. The van der Waals surface area contributed by atoms with Crippen molar-refractivity contribution in [1.29, 1.82) is 5.26 Å². The second-order valence-electron chi connectivity index (χ2n) is 7.71. The molecular weight excluding hydrogens is 418 g/mol. The fraction of sp³-hybridized carbons (Fsp3) is 0.154. The van der Waals surface area contributed by atoms with E-state index in [0.717, 1.165) is 5.56 Å². The van der Waals surface area contributed by atoms with Crippen LogP contribution in [-0.4, -0.2) is 16.1 Å². The number of carbonyl (C=O) groups is 1. The summed E-state index contributed by atoms with van der Waals surface area (Å²) in [6.07, 6.45) is 0. The normalized spacial score (nSPS) is 11.5. The number of carboxylic acids is 1. The summed E-state index contributed by atoms with van der Waals surface area (Å²) in [6.45, 7) is 5.44. The molecule has 2 aromatic carbocycles. The van der Waals surface area contributed by atoms with Gasteiger partial charge in [0.25, 0.3) is 0 Å². The molecule has 1 unspecified atom stereocenters. The smallest absolute Gasteiger partial charge is 0.356 e. The van der Waals surface area contributed by atoms with E-state index in [0.29, 0.717) is 33.4 Å². The second-order valence-corrected chi connectivity index (χ2v) is 7.71. The highest BCUT2D eigenvalue weighted by molar-refractivity contribution is 5.92. The minimum Gasteiger partial charge on any atom is -0.476 e. The molecule has 0 saturated heterocycles. The third-order valence-corrected chi connectivity index (χ3v) is 5.36. The lowest BCUT2D eigenvalue weighted by atomic mass is 9.99. The maximum Gasteiger partial charge on any atom is 0.356 e. The van der Waals surface area contributed by atoms with E-state index in [1.807, 2.05) is 26.0 Å². The molecule has 1 atom stereocenters. The zero-order valence-electron chi connectivity index (χ0n) is 18.2. The maximum absolute atomic E-state index is 13.2.